The van der Waals surface area contributed by atoms with Crippen LogP contribution in [0.25, 0.3) is 6.08 Å². The minimum atomic E-state index is 0.0426. The first-order valence-electron chi connectivity index (χ1n) is 13.8. The summed E-state index contributed by atoms with van der Waals surface area (Å²) in [7, 11) is 2.22. The number of fused-ring (bicyclic) bond motifs is 2. The van der Waals surface area contributed by atoms with E-state index in [2.05, 4.69) is 125 Å². The van der Waals surface area contributed by atoms with E-state index in [1.54, 1.807) is 0 Å². The van der Waals surface area contributed by atoms with Gasteiger partial charge in [0.05, 0.1) is 13.2 Å². The van der Waals surface area contributed by atoms with Crippen LogP contribution in [0.5, 0.6) is 0 Å². The lowest BCUT2D eigenvalue weighted by Gasteiger charge is -2.29. The molecule has 0 fully saturated rings. The monoisotopic (exact) mass is 486 g/mol. The number of allylic oxidation sites excluding steroid dienone is 8. The highest BCUT2D eigenvalue weighted by atomic mass is 15.1. The molecule has 1 aliphatic carbocycles. The number of rotatable bonds is 2. The predicted molar refractivity (Wildman–Crippen MR) is 161 cm³/mol. The summed E-state index contributed by atoms with van der Waals surface area (Å²) < 4.78 is 0. The highest BCUT2D eigenvalue weighted by Gasteiger charge is 2.25. The molecule has 0 spiro atoms. The Bertz CT molecular complexity index is 1120. The quantitative estimate of drug-likeness (QED) is 0.428. The molecule has 2 atom stereocenters. The van der Waals surface area contributed by atoms with Gasteiger partial charge < -0.3 is 4.90 Å². The van der Waals surface area contributed by atoms with Gasteiger partial charge in [-0.1, -0.05) is 97.9 Å². The maximum Gasteiger partial charge on any atom is 0.100 e. The minimum absolute atomic E-state index is 0.0426. The fraction of sp³-hybridized carbons (Fsp3) is 0.486. The number of likely N-dealkylation sites (N-methyl/N-ethyl adjacent to an activating group) is 1. The van der Waals surface area contributed by atoms with E-state index in [9.17, 15) is 0 Å². The molecule has 1 aromatic carbocycles. The Morgan fingerprint density at radius 2 is 1.61 bits per heavy atom. The largest absolute Gasteiger partial charge is 0.308 e. The Morgan fingerprint density at radius 1 is 0.972 bits per heavy atom. The van der Waals surface area contributed by atoms with Crippen LogP contribution in [-0.2, 0) is 11.8 Å². The molecule has 1 nitrogen and oxygen atoms in total. The van der Waals surface area contributed by atoms with E-state index in [0.29, 0.717) is 5.92 Å². The second kappa shape index (κ2) is 11.8. The Kier molecular flexibility index (Phi) is 9.77. The van der Waals surface area contributed by atoms with Crippen molar-refractivity contribution < 1.29 is 4.90 Å². The average Bonchev–Trinajstić information content (AvgIpc) is 2.80. The van der Waals surface area contributed by atoms with Gasteiger partial charge in [0.15, 0.2) is 0 Å². The molecule has 0 saturated carbocycles. The molecule has 1 N–H and O–H groups in total. The maximum absolute atomic E-state index is 4.42. The lowest BCUT2D eigenvalue weighted by atomic mass is 9.77. The summed E-state index contributed by atoms with van der Waals surface area (Å²) >= 11 is 0. The molecule has 1 heterocycles. The maximum atomic E-state index is 4.42. The topological polar surface area (TPSA) is 4.44 Å². The average molecular weight is 487 g/mol. The van der Waals surface area contributed by atoms with Gasteiger partial charge in [0.25, 0.3) is 0 Å². The smallest absolute Gasteiger partial charge is 0.100 e. The lowest BCUT2D eigenvalue weighted by Crippen LogP contribution is -3.04. The summed E-state index contributed by atoms with van der Waals surface area (Å²) in [5, 5.41) is 0. The molecule has 0 amide bonds. The van der Waals surface area contributed by atoms with Crippen molar-refractivity contribution in [2.24, 2.45) is 11.3 Å². The van der Waals surface area contributed by atoms with E-state index < -0.39 is 0 Å². The Labute approximate surface area is 223 Å². The van der Waals surface area contributed by atoms with Crippen LogP contribution in [0.3, 0.4) is 0 Å². The highest BCUT2D eigenvalue weighted by molar-refractivity contribution is 5.64. The number of benzene rings is 1. The van der Waals surface area contributed by atoms with Crippen molar-refractivity contribution in [1.82, 2.24) is 0 Å². The zero-order valence-corrected chi connectivity index (χ0v) is 25.3. The third kappa shape index (κ3) is 7.10. The van der Waals surface area contributed by atoms with Gasteiger partial charge in [0.1, 0.15) is 6.54 Å². The van der Waals surface area contributed by atoms with Crippen LogP contribution in [0, 0.1) is 18.3 Å². The Hall–Kier alpha value is -2.38. The van der Waals surface area contributed by atoms with Crippen LogP contribution in [0.4, 0.5) is 0 Å². The zero-order chi connectivity index (χ0) is 27.4. The van der Waals surface area contributed by atoms with Gasteiger partial charge in [-0.15, -0.1) is 0 Å². The van der Waals surface area contributed by atoms with Gasteiger partial charge in [-0.25, -0.2) is 0 Å². The van der Waals surface area contributed by atoms with Crippen LogP contribution in [0.1, 0.15) is 91.5 Å². The van der Waals surface area contributed by atoms with Gasteiger partial charge in [0, 0.05) is 5.92 Å². The highest BCUT2D eigenvalue weighted by Crippen LogP contribution is 2.37. The molecule has 1 aromatic rings. The van der Waals surface area contributed by atoms with Crippen molar-refractivity contribution in [3.63, 3.8) is 0 Å². The normalized spacial score (nSPS) is 24.6. The molecule has 0 aromatic heterocycles. The number of hydrogen-bond donors (Lipinski definition) is 1. The molecule has 2 unspecified atom stereocenters. The van der Waals surface area contributed by atoms with Crippen molar-refractivity contribution in [3.05, 3.63) is 99.3 Å². The molecule has 3 rings (SSSR count). The standard InChI is InChI=1S/C33H45N.C2H6/c1-22(32(5,6)7)18-27-12-13-28-19-30(33(8,9)10)20-29(25(28)4)21-31(24(3)23(27)2)26-14-16-34(11)17-15-26;1-2/h12-16,18-20,31H,1,17,21H2,2-11H3;1-2H3/p+1/b13-12-,24-23+,27-18-;. The molecular weight excluding hydrogens is 434 g/mol. The Morgan fingerprint density at radius 3 is 2.14 bits per heavy atom. The van der Waals surface area contributed by atoms with Gasteiger partial charge in [-0.05, 0) is 94.7 Å². The lowest BCUT2D eigenvalue weighted by molar-refractivity contribution is -0.818. The van der Waals surface area contributed by atoms with E-state index in [0.717, 1.165) is 18.5 Å². The van der Waals surface area contributed by atoms with Crippen LogP contribution < -0.4 is 4.90 Å². The van der Waals surface area contributed by atoms with Crippen LogP contribution in [-0.4, -0.2) is 13.6 Å². The first-order valence-corrected chi connectivity index (χ1v) is 13.8. The van der Waals surface area contributed by atoms with E-state index in [-0.39, 0.29) is 10.8 Å². The summed E-state index contributed by atoms with van der Waals surface area (Å²) in [6, 6.07) is 4.86. The second-order valence-corrected chi connectivity index (χ2v) is 12.5. The van der Waals surface area contributed by atoms with Crippen LogP contribution in [0.15, 0.2) is 77.1 Å². The Balaban J connectivity index is 0.00000222. The molecular formula is C35H52N+. The summed E-state index contributed by atoms with van der Waals surface area (Å²) in [6.07, 6.45) is 15.1. The molecule has 2 bridgehead atoms. The zero-order valence-electron chi connectivity index (χ0n) is 25.3. The van der Waals surface area contributed by atoms with Crippen molar-refractivity contribution in [1.29, 1.82) is 0 Å². The summed E-state index contributed by atoms with van der Waals surface area (Å²) in [5.74, 6) is 0.365. The van der Waals surface area contributed by atoms with E-state index in [1.807, 2.05) is 13.8 Å². The van der Waals surface area contributed by atoms with Gasteiger partial charge >= 0.3 is 0 Å². The molecule has 2 aliphatic rings. The molecule has 0 saturated heterocycles. The summed E-state index contributed by atoms with van der Waals surface area (Å²) in [5.41, 5.74) is 12.5. The van der Waals surface area contributed by atoms with E-state index in [4.69, 9.17) is 0 Å². The van der Waals surface area contributed by atoms with Gasteiger partial charge in [-0.3, -0.25) is 0 Å². The predicted octanol–water partition coefficient (Wildman–Crippen LogP) is 8.34. The third-order valence-corrected chi connectivity index (χ3v) is 7.75. The molecule has 0 radical (unpaired) electrons. The van der Waals surface area contributed by atoms with Gasteiger partial charge in [0.2, 0.25) is 0 Å². The van der Waals surface area contributed by atoms with E-state index >= 15 is 0 Å². The summed E-state index contributed by atoms with van der Waals surface area (Å²) in [6.45, 7) is 30.1. The summed E-state index contributed by atoms with van der Waals surface area (Å²) in [4.78, 5) is 1.43. The number of hydrogen-bond acceptors (Lipinski definition) is 0. The number of quaternary nitrogens is 1. The van der Waals surface area contributed by atoms with Crippen LogP contribution >= 0.6 is 0 Å². The third-order valence-electron chi connectivity index (χ3n) is 7.75. The molecule has 1 heteroatoms. The molecule has 1 aliphatic heterocycles. The fourth-order valence-corrected chi connectivity index (χ4v) is 4.62. The second-order valence-electron chi connectivity index (χ2n) is 12.5. The van der Waals surface area contributed by atoms with Gasteiger partial charge in [-0.2, -0.15) is 0 Å². The van der Waals surface area contributed by atoms with Crippen LogP contribution in [0.2, 0.25) is 0 Å². The molecule has 196 valence electrons. The van der Waals surface area contributed by atoms with Crippen molar-refractivity contribution in [3.8, 4) is 0 Å². The van der Waals surface area contributed by atoms with Crippen molar-refractivity contribution in [2.45, 2.75) is 88.0 Å². The number of nitrogens with one attached hydrogen (secondary N) is 1. The van der Waals surface area contributed by atoms with E-state index in [1.165, 1.54) is 49.4 Å². The minimum Gasteiger partial charge on any atom is -0.308 e. The first-order chi connectivity index (χ1) is 16.7. The van der Waals surface area contributed by atoms with Crippen molar-refractivity contribution >= 4 is 6.08 Å². The van der Waals surface area contributed by atoms with Crippen molar-refractivity contribution in [2.75, 3.05) is 13.6 Å². The first kappa shape index (κ1) is 29.8. The molecule has 36 heavy (non-hydrogen) atoms. The SMILES string of the molecule is C=C(/C=C1/C=C\c2cc(C(C)(C)C)cc(c2C)CC(C2=CC[NH+](C)C=C2)/C(C)=C/1C)C(C)(C)C.CC. The fourth-order valence-electron chi connectivity index (χ4n) is 4.62.